The van der Waals surface area contributed by atoms with Crippen molar-refractivity contribution >= 4 is 45.9 Å². The zero-order valence-electron chi connectivity index (χ0n) is 26.0. The highest BCUT2D eigenvalue weighted by Crippen LogP contribution is 2.37. The lowest BCUT2D eigenvalue weighted by Crippen LogP contribution is -2.14. The van der Waals surface area contributed by atoms with E-state index in [0.717, 1.165) is 0 Å². The van der Waals surface area contributed by atoms with Crippen molar-refractivity contribution in [2.24, 2.45) is 0 Å². The van der Waals surface area contributed by atoms with E-state index >= 15 is 0 Å². The van der Waals surface area contributed by atoms with E-state index in [1.54, 1.807) is 36.4 Å². The number of hydrogen-bond acceptors (Lipinski definition) is 10. The number of carbonyl (C=O) groups excluding carboxylic acids is 3. The SMILES string of the molecule is COc1cc2c(Oc3ccc(NC(=O)CCCCC(=O)Nc4ccc(F)cc4)cc3)ccnc2cc1OC(=O)Oc1ccc([N+](=O)[O-])cc1. The normalized spacial score (nSPS) is 10.6. The van der Waals surface area contributed by atoms with Gasteiger partial charge in [-0.3, -0.25) is 24.7 Å². The number of anilines is 2. The number of amides is 2. The molecule has 49 heavy (non-hydrogen) atoms. The van der Waals surface area contributed by atoms with Gasteiger partial charge in [0.25, 0.3) is 5.69 Å². The van der Waals surface area contributed by atoms with Crippen molar-refractivity contribution in [2.75, 3.05) is 17.7 Å². The van der Waals surface area contributed by atoms with E-state index in [-0.39, 0.29) is 53.4 Å². The summed E-state index contributed by atoms with van der Waals surface area (Å²) in [4.78, 5) is 51.5. The number of rotatable bonds is 13. The third-order valence-corrected chi connectivity index (χ3v) is 6.98. The first kappa shape index (κ1) is 33.8. The topological polar surface area (TPSA) is 168 Å². The molecule has 0 unspecified atom stereocenters. The number of nitro groups is 1. The number of hydrogen-bond donors (Lipinski definition) is 2. The largest absolute Gasteiger partial charge is 0.519 e. The number of pyridine rings is 1. The van der Waals surface area contributed by atoms with Crippen LogP contribution in [-0.2, 0) is 9.59 Å². The highest BCUT2D eigenvalue weighted by molar-refractivity contribution is 5.92. The lowest BCUT2D eigenvalue weighted by atomic mass is 10.1. The summed E-state index contributed by atoms with van der Waals surface area (Å²) >= 11 is 0. The van der Waals surface area contributed by atoms with E-state index < -0.39 is 11.1 Å². The summed E-state index contributed by atoms with van der Waals surface area (Å²) in [5.74, 6) is 0.388. The Kier molecular flexibility index (Phi) is 10.9. The van der Waals surface area contributed by atoms with Gasteiger partial charge in [-0.1, -0.05) is 0 Å². The van der Waals surface area contributed by atoms with Crippen molar-refractivity contribution < 1.29 is 42.6 Å². The lowest BCUT2D eigenvalue weighted by Gasteiger charge is -2.13. The number of methoxy groups -OCH3 is 1. The van der Waals surface area contributed by atoms with Crippen molar-refractivity contribution in [3.8, 4) is 28.7 Å². The van der Waals surface area contributed by atoms with Gasteiger partial charge in [-0.2, -0.15) is 0 Å². The first-order valence-corrected chi connectivity index (χ1v) is 14.9. The fourth-order valence-electron chi connectivity index (χ4n) is 4.58. The number of fused-ring (bicyclic) bond motifs is 1. The molecular weight excluding hydrogens is 639 g/mol. The molecule has 5 aromatic rings. The molecule has 2 amide bonds. The third-order valence-electron chi connectivity index (χ3n) is 6.98. The fourth-order valence-corrected chi connectivity index (χ4v) is 4.58. The molecule has 0 bridgehead atoms. The Morgan fingerprint density at radius 1 is 0.755 bits per heavy atom. The highest BCUT2D eigenvalue weighted by atomic mass is 19.1. The molecule has 0 saturated heterocycles. The molecule has 0 aliphatic carbocycles. The van der Waals surface area contributed by atoms with Crippen molar-refractivity contribution in [1.29, 1.82) is 0 Å². The number of carbonyl (C=O) groups is 3. The summed E-state index contributed by atoms with van der Waals surface area (Å²) in [7, 11) is 1.40. The molecule has 250 valence electrons. The van der Waals surface area contributed by atoms with Crippen LogP contribution >= 0.6 is 0 Å². The lowest BCUT2D eigenvalue weighted by molar-refractivity contribution is -0.384. The molecule has 1 heterocycles. The maximum Gasteiger partial charge on any atom is 0.519 e. The summed E-state index contributed by atoms with van der Waals surface area (Å²) in [6.45, 7) is 0. The van der Waals surface area contributed by atoms with E-state index in [0.29, 0.717) is 46.6 Å². The number of unbranched alkanes of at least 4 members (excludes halogenated alkanes) is 1. The van der Waals surface area contributed by atoms with Gasteiger partial charge in [-0.05, 0) is 85.6 Å². The van der Waals surface area contributed by atoms with Crippen LogP contribution in [0, 0.1) is 15.9 Å². The quantitative estimate of drug-likeness (QED) is 0.0415. The monoisotopic (exact) mass is 668 g/mol. The molecule has 14 heteroatoms. The maximum absolute atomic E-state index is 13.0. The Balaban J connectivity index is 1.13. The van der Waals surface area contributed by atoms with Crippen LogP contribution in [0.5, 0.6) is 28.7 Å². The minimum absolute atomic E-state index is 0.0277. The van der Waals surface area contributed by atoms with Crippen LogP contribution in [0.4, 0.5) is 26.2 Å². The van der Waals surface area contributed by atoms with Crippen molar-refractivity contribution in [3.05, 3.63) is 113 Å². The molecule has 13 nitrogen and oxygen atoms in total. The Morgan fingerprint density at radius 2 is 1.35 bits per heavy atom. The second kappa shape index (κ2) is 15.8. The number of nitrogens with zero attached hydrogens (tertiary/aromatic N) is 2. The maximum atomic E-state index is 13.0. The Labute approximate surface area is 278 Å². The number of aromatic nitrogens is 1. The summed E-state index contributed by atoms with van der Waals surface area (Å²) in [6, 6.07) is 21.9. The Morgan fingerprint density at radius 3 is 1.94 bits per heavy atom. The second-order valence-corrected chi connectivity index (χ2v) is 10.5. The number of nitro benzene ring substituents is 1. The molecule has 0 radical (unpaired) electrons. The van der Waals surface area contributed by atoms with Crippen LogP contribution in [0.1, 0.15) is 25.7 Å². The molecule has 0 saturated carbocycles. The summed E-state index contributed by atoms with van der Waals surface area (Å²) in [5.41, 5.74) is 1.34. The van der Waals surface area contributed by atoms with Gasteiger partial charge in [0, 0.05) is 54.0 Å². The van der Waals surface area contributed by atoms with Crippen LogP contribution in [0.2, 0.25) is 0 Å². The highest BCUT2D eigenvalue weighted by Gasteiger charge is 2.17. The molecule has 2 N–H and O–H groups in total. The predicted molar refractivity (Wildman–Crippen MR) is 177 cm³/mol. The zero-order chi connectivity index (χ0) is 34.8. The predicted octanol–water partition coefficient (Wildman–Crippen LogP) is 7.80. The second-order valence-electron chi connectivity index (χ2n) is 10.5. The Hall–Kier alpha value is -6.57. The summed E-state index contributed by atoms with van der Waals surface area (Å²) in [6.07, 6.45) is 1.92. The average Bonchev–Trinajstić information content (AvgIpc) is 3.08. The van der Waals surface area contributed by atoms with E-state index in [1.165, 1.54) is 67.9 Å². The summed E-state index contributed by atoms with van der Waals surface area (Å²) in [5, 5.41) is 16.9. The Bertz CT molecular complexity index is 1970. The number of nitrogens with one attached hydrogen (secondary N) is 2. The molecule has 0 fully saturated rings. The smallest absolute Gasteiger partial charge is 0.493 e. The average molecular weight is 669 g/mol. The van der Waals surface area contributed by atoms with E-state index in [1.807, 2.05) is 0 Å². The van der Waals surface area contributed by atoms with E-state index in [4.69, 9.17) is 18.9 Å². The molecule has 0 spiro atoms. The molecule has 5 rings (SSSR count). The zero-order valence-corrected chi connectivity index (χ0v) is 26.0. The van der Waals surface area contributed by atoms with Gasteiger partial charge in [0.15, 0.2) is 11.5 Å². The number of halogens is 1. The third kappa shape index (κ3) is 9.48. The molecule has 1 aromatic heterocycles. The molecule has 0 aliphatic heterocycles. The van der Waals surface area contributed by atoms with Gasteiger partial charge in [0.2, 0.25) is 11.8 Å². The van der Waals surface area contributed by atoms with Gasteiger partial charge in [-0.25, -0.2) is 9.18 Å². The molecular formula is C35H29FN4O9. The van der Waals surface area contributed by atoms with Crippen LogP contribution in [0.25, 0.3) is 10.9 Å². The van der Waals surface area contributed by atoms with Crippen LogP contribution in [0.15, 0.2) is 97.2 Å². The van der Waals surface area contributed by atoms with Crippen molar-refractivity contribution in [2.45, 2.75) is 25.7 Å². The van der Waals surface area contributed by atoms with Crippen molar-refractivity contribution in [3.63, 3.8) is 0 Å². The van der Waals surface area contributed by atoms with Gasteiger partial charge in [-0.15, -0.1) is 0 Å². The van der Waals surface area contributed by atoms with E-state index in [9.17, 15) is 28.9 Å². The summed E-state index contributed by atoms with van der Waals surface area (Å²) < 4.78 is 35.0. The van der Waals surface area contributed by atoms with Crippen LogP contribution in [0.3, 0.4) is 0 Å². The first-order valence-electron chi connectivity index (χ1n) is 14.9. The molecule has 4 aromatic carbocycles. The fraction of sp³-hybridized carbons (Fsp3) is 0.143. The van der Waals surface area contributed by atoms with Gasteiger partial charge in [0.1, 0.15) is 23.1 Å². The minimum Gasteiger partial charge on any atom is -0.493 e. The molecule has 0 aliphatic rings. The van der Waals surface area contributed by atoms with Gasteiger partial charge < -0.3 is 29.6 Å². The van der Waals surface area contributed by atoms with Crippen LogP contribution in [-0.4, -0.2) is 35.0 Å². The number of ether oxygens (including phenoxy) is 4. The first-order chi connectivity index (χ1) is 23.7. The molecule has 0 atom stereocenters. The van der Waals surface area contributed by atoms with Crippen molar-refractivity contribution in [1.82, 2.24) is 4.98 Å². The number of non-ortho nitro benzene ring substituents is 1. The standard InChI is InChI=1S/C35H29FN4O9/c1-46-31-20-28-29(21-32(31)49-35(43)48-27-16-12-25(13-17-27)40(44)45)37-19-18-30(28)47-26-14-10-24(11-15-26)39-34(42)5-3-2-4-33(41)38-23-8-6-22(36)7-9-23/h6-21H,2-5H2,1H3,(H,38,41)(H,39,42). The van der Waals surface area contributed by atoms with E-state index in [2.05, 4.69) is 15.6 Å². The van der Waals surface area contributed by atoms with Crippen LogP contribution < -0.4 is 29.6 Å². The van der Waals surface area contributed by atoms with Gasteiger partial charge >= 0.3 is 6.16 Å². The minimum atomic E-state index is -1.09. The number of benzene rings is 4. The van der Waals surface area contributed by atoms with Gasteiger partial charge in [0.05, 0.1) is 17.5 Å².